The van der Waals surface area contributed by atoms with Crippen LogP contribution < -0.4 is 10.2 Å². The number of benzene rings is 1. The molecule has 1 aromatic carbocycles. The Kier molecular flexibility index (Phi) is 4.46. The number of carbonyl (C=O) groups is 1. The summed E-state index contributed by atoms with van der Waals surface area (Å²) < 4.78 is 0. The third-order valence-electron chi connectivity index (χ3n) is 3.47. The van der Waals surface area contributed by atoms with Gasteiger partial charge in [-0.25, -0.2) is 0 Å². The molecular weight excluding hydrogens is 236 g/mol. The molecule has 1 atom stereocenters. The van der Waals surface area contributed by atoms with Crippen LogP contribution in [0, 0.1) is 5.92 Å². The molecule has 1 fully saturated rings. The molecule has 1 amide bonds. The molecule has 2 rings (SSSR count). The maximum Gasteiger partial charge on any atom is 0.227 e. The van der Waals surface area contributed by atoms with E-state index in [1.807, 2.05) is 17.0 Å². The lowest BCUT2D eigenvalue weighted by atomic mass is 10.1. The second-order valence-electron chi connectivity index (χ2n) is 5.87. The summed E-state index contributed by atoms with van der Waals surface area (Å²) in [5.41, 5.74) is 2.12. The molecule has 1 aliphatic rings. The highest BCUT2D eigenvalue weighted by Gasteiger charge is 2.21. The minimum Gasteiger partial charge on any atom is -0.383 e. The molecule has 1 unspecified atom stereocenters. The lowest BCUT2D eigenvalue weighted by Gasteiger charge is -2.20. The molecule has 0 radical (unpaired) electrons. The third kappa shape index (κ3) is 3.72. The average molecular weight is 260 g/mol. The summed E-state index contributed by atoms with van der Waals surface area (Å²) in [6.45, 7) is 7.52. The predicted octanol–water partition coefficient (Wildman–Crippen LogP) is 3.66. The molecule has 1 N–H and O–H groups in total. The van der Waals surface area contributed by atoms with E-state index < -0.39 is 0 Å². The number of anilines is 2. The predicted molar refractivity (Wildman–Crippen MR) is 80.6 cm³/mol. The lowest BCUT2D eigenvalue weighted by molar-refractivity contribution is -0.117. The molecular formula is C16H24N2O. The van der Waals surface area contributed by atoms with Gasteiger partial charge in [0.05, 0.1) is 0 Å². The lowest BCUT2D eigenvalue weighted by Crippen LogP contribution is -2.24. The Labute approximate surface area is 116 Å². The zero-order valence-electron chi connectivity index (χ0n) is 12.1. The van der Waals surface area contributed by atoms with Crippen molar-refractivity contribution in [3.05, 3.63) is 24.3 Å². The van der Waals surface area contributed by atoms with Crippen LogP contribution in [0.3, 0.4) is 0 Å². The van der Waals surface area contributed by atoms with Gasteiger partial charge >= 0.3 is 0 Å². The number of rotatable bonds is 5. The van der Waals surface area contributed by atoms with Gasteiger partial charge < -0.3 is 10.2 Å². The van der Waals surface area contributed by atoms with Gasteiger partial charge in [-0.3, -0.25) is 4.79 Å². The van der Waals surface area contributed by atoms with Crippen molar-refractivity contribution in [1.29, 1.82) is 0 Å². The molecule has 0 bridgehead atoms. The van der Waals surface area contributed by atoms with Gasteiger partial charge in [0.15, 0.2) is 0 Å². The first-order valence-corrected chi connectivity index (χ1v) is 7.23. The number of amides is 1. The van der Waals surface area contributed by atoms with E-state index in [1.54, 1.807) is 0 Å². The van der Waals surface area contributed by atoms with E-state index in [4.69, 9.17) is 0 Å². The van der Waals surface area contributed by atoms with E-state index in [1.165, 1.54) is 0 Å². The van der Waals surface area contributed by atoms with E-state index in [0.717, 1.165) is 30.8 Å². The van der Waals surface area contributed by atoms with Crippen molar-refractivity contribution in [3.63, 3.8) is 0 Å². The average Bonchev–Trinajstić information content (AvgIpc) is 2.74. The molecule has 19 heavy (non-hydrogen) atoms. The Morgan fingerprint density at radius 2 is 2.11 bits per heavy atom. The normalized spacial score (nSPS) is 17.1. The van der Waals surface area contributed by atoms with Crippen molar-refractivity contribution in [2.45, 2.75) is 46.1 Å². The maximum atomic E-state index is 11.8. The Hall–Kier alpha value is -1.51. The largest absolute Gasteiger partial charge is 0.383 e. The highest BCUT2D eigenvalue weighted by atomic mass is 16.2. The van der Waals surface area contributed by atoms with Crippen LogP contribution in [0.1, 0.15) is 40.0 Å². The summed E-state index contributed by atoms with van der Waals surface area (Å²) in [6.07, 6.45) is 2.80. The maximum absolute atomic E-state index is 11.8. The molecule has 1 aliphatic heterocycles. The van der Waals surface area contributed by atoms with Crippen molar-refractivity contribution in [2.75, 3.05) is 16.8 Å². The zero-order chi connectivity index (χ0) is 13.8. The summed E-state index contributed by atoms with van der Waals surface area (Å²) in [6, 6.07) is 8.64. The number of hydrogen-bond acceptors (Lipinski definition) is 2. The number of carbonyl (C=O) groups excluding carboxylic acids is 1. The molecule has 3 heteroatoms. The van der Waals surface area contributed by atoms with Crippen LogP contribution in [0.5, 0.6) is 0 Å². The van der Waals surface area contributed by atoms with Gasteiger partial charge in [0.25, 0.3) is 0 Å². The molecule has 1 saturated heterocycles. The van der Waals surface area contributed by atoms with Gasteiger partial charge in [-0.05, 0) is 43.9 Å². The van der Waals surface area contributed by atoms with Crippen molar-refractivity contribution in [1.82, 2.24) is 0 Å². The third-order valence-corrected chi connectivity index (χ3v) is 3.47. The fraction of sp³-hybridized carbons (Fsp3) is 0.562. The van der Waals surface area contributed by atoms with Crippen molar-refractivity contribution in [2.24, 2.45) is 5.92 Å². The molecule has 0 saturated carbocycles. The summed E-state index contributed by atoms with van der Waals surface area (Å²) in [5, 5.41) is 3.51. The first kappa shape index (κ1) is 13.9. The molecule has 104 valence electrons. The number of nitrogens with zero attached hydrogens (tertiary/aromatic N) is 1. The van der Waals surface area contributed by atoms with Crippen LogP contribution in [0.2, 0.25) is 0 Å². The van der Waals surface area contributed by atoms with Gasteiger partial charge in [-0.2, -0.15) is 0 Å². The molecule has 0 aliphatic carbocycles. The van der Waals surface area contributed by atoms with Gasteiger partial charge in [0, 0.05) is 30.4 Å². The molecule has 0 spiro atoms. The molecule has 3 nitrogen and oxygen atoms in total. The first-order chi connectivity index (χ1) is 9.06. The summed E-state index contributed by atoms with van der Waals surface area (Å²) in [7, 11) is 0. The van der Waals surface area contributed by atoms with Gasteiger partial charge in [0.1, 0.15) is 0 Å². The van der Waals surface area contributed by atoms with Crippen LogP contribution in [0.4, 0.5) is 11.4 Å². The Bertz CT molecular complexity index is 442. The Morgan fingerprint density at radius 1 is 1.32 bits per heavy atom. The quantitative estimate of drug-likeness (QED) is 0.876. The minimum atomic E-state index is 0.243. The summed E-state index contributed by atoms with van der Waals surface area (Å²) >= 11 is 0. The Morgan fingerprint density at radius 3 is 2.74 bits per heavy atom. The van der Waals surface area contributed by atoms with E-state index in [-0.39, 0.29) is 5.91 Å². The van der Waals surface area contributed by atoms with Crippen molar-refractivity contribution in [3.8, 4) is 0 Å². The topological polar surface area (TPSA) is 32.3 Å². The monoisotopic (exact) mass is 260 g/mol. The van der Waals surface area contributed by atoms with Gasteiger partial charge in [-0.15, -0.1) is 0 Å². The van der Waals surface area contributed by atoms with Crippen LogP contribution in [0.15, 0.2) is 24.3 Å². The van der Waals surface area contributed by atoms with E-state index in [2.05, 4.69) is 38.2 Å². The molecule has 0 aromatic heterocycles. The fourth-order valence-corrected chi connectivity index (χ4v) is 2.74. The van der Waals surface area contributed by atoms with Crippen LogP contribution in [-0.4, -0.2) is 18.5 Å². The molecule has 1 heterocycles. The van der Waals surface area contributed by atoms with E-state index in [0.29, 0.717) is 18.4 Å². The second-order valence-corrected chi connectivity index (χ2v) is 5.87. The van der Waals surface area contributed by atoms with E-state index >= 15 is 0 Å². The van der Waals surface area contributed by atoms with E-state index in [9.17, 15) is 4.79 Å². The van der Waals surface area contributed by atoms with Crippen LogP contribution >= 0.6 is 0 Å². The van der Waals surface area contributed by atoms with Gasteiger partial charge in [0.2, 0.25) is 5.91 Å². The fourth-order valence-electron chi connectivity index (χ4n) is 2.74. The van der Waals surface area contributed by atoms with Crippen LogP contribution in [0.25, 0.3) is 0 Å². The van der Waals surface area contributed by atoms with Crippen molar-refractivity contribution >= 4 is 17.3 Å². The minimum absolute atomic E-state index is 0.243. The second kappa shape index (κ2) is 6.09. The summed E-state index contributed by atoms with van der Waals surface area (Å²) in [5.74, 6) is 0.929. The van der Waals surface area contributed by atoms with Crippen molar-refractivity contribution < 1.29 is 4.79 Å². The zero-order valence-corrected chi connectivity index (χ0v) is 12.1. The SMILES string of the molecule is CC(C)CC(C)Nc1cccc(N2CCCC2=O)c1. The Balaban J connectivity index is 2.04. The molecule has 1 aromatic rings. The highest BCUT2D eigenvalue weighted by Crippen LogP contribution is 2.25. The summed E-state index contributed by atoms with van der Waals surface area (Å²) in [4.78, 5) is 13.6. The number of hydrogen-bond donors (Lipinski definition) is 1. The highest BCUT2D eigenvalue weighted by molar-refractivity contribution is 5.95. The van der Waals surface area contributed by atoms with Gasteiger partial charge in [-0.1, -0.05) is 19.9 Å². The van der Waals surface area contributed by atoms with Crippen LogP contribution in [-0.2, 0) is 4.79 Å². The standard InChI is InChI=1S/C16H24N2O/c1-12(2)10-13(3)17-14-6-4-7-15(11-14)18-9-5-8-16(18)19/h4,6-7,11-13,17H,5,8-10H2,1-3H3. The smallest absolute Gasteiger partial charge is 0.227 e. The number of nitrogens with one attached hydrogen (secondary N) is 1. The first-order valence-electron chi connectivity index (χ1n) is 7.23.